The molecule has 1 heterocycles. The fourth-order valence-corrected chi connectivity index (χ4v) is 4.65. The first-order valence-electron chi connectivity index (χ1n) is 11.9. The highest BCUT2D eigenvalue weighted by molar-refractivity contribution is 5.62. The van der Waals surface area contributed by atoms with Crippen LogP contribution in [0.2, 0.25) is 0 Å². The van der Waals surface area contributed by atoms with E-state index < -0.39 is 0 Å². The topological polar surface area (TPSA) is 30.7 Å². The van der Waals surface area contributed by atoms with E-state index in [4.69, 9.17) is 10.2 Å². The molecule has 3 heteroatoms. The van der Waals surface area contributed by atoms with Crippen molar-refractivity contribution in [1.82, 2.24) is 14.8 Å². The van der Waals surface area contributed by atoms with Gasteiger partial charge in [-0.15, -0.1) is 10.2 Å². The van der Waals surface area contributed by atoms with Crippen molar-refractivity contribution in [2.75, 3.05) is 0 Å². The number of nitrogens with zero attached hydrogens (tertiary/aromatic N) is 3. The molecule has 166 valence electrons. The third-order valence-electron chi connectivity index (χ3n) is 6.96. The van der Waals surface area contributed by atoms with Gasteiger partial charge in [0.15, 0.2) is 5.82 Å². The van der Waals surface area contributed by atoms with E-state index in [-0.39, 0.29) is 10.8 Å². The standard InChI is InChI=1S/C28H39N3/c1-9-21-16-17-24(23(19-21)27(6,7)8)31-25(22-15-13-14-20(5)18-22)29-30-26(31)28(10-2,11-3)12-4/h13-19H,9-12H2,1-8H3. The van der Waals surface area contributed by atoms with Crippen LogP contribution in [0.25, 0.3) is 17.1 Å². The SMILES string of the molecule is CCc1ccc(-n2c(-c3cccc(C)c3)nnc2C(CC)(CC)CC)c(C(C)(C)C)c1. The van der Waals surface area contributed by atoms with E-state index >= 15 is 0 Å². The minimum atomic E-state index is 0.00760. The Balaban J connectivity index is 2.41. The van der Waals surface area contributed by atoms with Gasteiger partial charge in [0, 0.05) is 11.0 Å². The van der Waals surface area contributed by atoms with Crippen molar-refractivity contribution in [3.63, 3.8) is 0 Å². The molecular formula is C28H39N3. The summed E-state index contributed by atoms with van der Waals surface area (Å²) in [6.07, 6.45) is 4.17. The number of hydrogen-bond donors (Lipinski definition) is 0. The van der Waals surface area contributed by atoms with Gasteiger partial charge in [0.2, 0.25) is 0 Å². The molecule has 0 spiro atoms. The number of aryl methyl sites for hydroxylation is 2. The average Bonchev–Trinajstić information content (AvgIpc) is 3.20. The lowest BCUT2D eigenvalue weighted by atomic mass is 9.78. The molecule has 0 unspecified atom stereocenters. The van der Waals surface area contributed by atoms with Crippen LogP contribution >= 0.6 is 0 Å². The van der Waals surface area contributed by atoms with Crippen molar-refractivity contribution >= 4 is 0 Å². The third-order valence-corrected chi connectivity index (χ3v) is 6.96. The summed E-state index contributed by atoms with van der Waals surface area (Å²) in [4.78, 5) is 0. The maximum atomic E-state index is 4.86. The molecule has 0 atom stereocenters. The van der Waals surface area contributed by atoms with Crippen LogP contribution in [-0.2, 0) is 17.3 Å². The average molecular weight is 418 g/mol. The Morgan fingerprint density at radius 3 is 2.06 bits per heavy atom. The Bertz CT molecular complexity index is 1020. The zero-order chi connectivity index (χ0) is 22.8. The molecule has 0 bridgehead atoms. The predicted octanol–water partition coefficient (Wildman–Crippen LogP) is 7.57. The molecule has 0 aliphatic carbocycles. The van der Waals surface area contributed by atoms with Crippen molar-refractivity contribution in [2.24, 2.45) is 0 Å². The second-order valence-electron chi connectivity index (χ2n) is 9.85. The first-order valence-corrected chi connectivity index (χ1v) is 11.9. The molecule has 2 aromatic carbocycles. The summed E-state index contributed by atoms with van der Waals surface area (Å²) in [6.45, 7) is 18.1. The van der Waals surface area contributed by atoms with Gasteiger partial charge in [0.25, 0.3) is 0 Å². The van der Waals surface area contributed by atoms with Crippen LogP contribution in [0.4, 0.5) is 0 Å². The second kappa shape index (κ2) is 8.98. The van der Waals surface area contributed by atoms with E-state index in [1.165, 1.54) is 22.4 Å². The molecule has 0 N–H and O–H groups in total. The minimum absolute atomic E-state index is 0.00760. The smallest absolute Gasteiger partial charge is 0.168 e. The lowest BCUT2D eigenvalue weighted by Gasteiger charge is -2.32. The number of benzene rings is 2. The number of hydrogen-bond acceptors (Lipinski definition) is 2. The van der Waals surface area contributed by atoms with Crippen molar-refractivity contribution in [2.45, 2.75) is 91.9 Å². The van der Waals surface area contributed by atoms with Gasteiger partial charge in [0.05, 0.1) is 5.69 Å². The van der Waals surface area contributed by atoms with Gasteiger partial charge in [-0.3, -0.25) is 4.57 Å². The van der Waals surface area contributed by atoms with Crippen LogP contribution in [0.3, 0.4) is 0 Å². The molecule has 0 aliphatic heterocycles. The highest BCUT2D eigenvalue weighted by atomic mass is 15.3. The van der Waals surface area contributed by atoms with Crippen LogP contribution in [0.15, 0.2) is 42.5 Å². The van der Waals surface area contributed by atoms with Gasteiger partial charge in [-0.25, -0.2) is 0 Å². The first-order chi connectivity index (χ1) is 14.7. The molecule has 0 amide bonds. The van der Waals surface area contributed by atoms with E-state index in [0.29, 0.717) is 0 Å². The van der Waals surface area contributed by atoms with Crippen LogP contribution in [0, 0.1) is 6.92 Å². The highest BCUT2D eigenvalue weighted by Crippen LogP contribution is 2.40. The summed E-state index contributed by atoms with van der Waals surface area (Å²) < 4.78 is 2.37. The first kappa shape index (κ1) is 23.2. The third kappa shape index (κ3) is 4.33. The predicted molar refractivity (Wildman–Crippen MR) is 132 cm³/mol. The summed E-state index contributed by atoms with van der Waals surface area (Å²) in [7, 11) is 0. The lowest BCUT2D eigenvalue weighted by Crippen LogP contribution is -2.29. The van der Waals surface area contributed by atoms with E-state index in [2.05, 4.69) is 102 Å². The summed E-state index contributed by atoms with van der Waals surface area (Å²) >= 11 is 0. The van der Waals surface area contributed by atoms with Gasteiger partial charge >= 0.3 is 0 Å². The van der Waals surface area contributed by atoms with E-state index in [1.807, 2.05) is 0 Å². The number of rotatable bonds is 7. The molecule has 1 aromatic heterocycles. The number of aromatic nitrogens is 3. The lowest BCUT2D eigenvalue weighted by molar-refractivity contribution is 0.353. The zero-order valence-electron chi connectivity index (χ0n) is 20.7. The van der Waals surface area contributed by atoms with Crippen LogP contribution in [-0.4, -0.2) is 14.8 Å². The molecule has 0 saturated carbocycles. The maximum absolute atomic E-state index is 4.86. The van der Waals surface area contributed by atoms with Gasteiger partial charge in [0.1, 0.15) is 5.82 Å². The van der Waals surface area contributed by atoms with E-state index in [9.17, 15) is 0 Å². The largest absolute Gasteiger partial charge is 0.278 e. The Morgan fingerprint density at radius 2 is 1.52 bits per heavy atom. The van der Waals surface area contributed by atoms with Gasteiger partial charge in [-0.05, 0) is 61.3 Å². The van der Waals surface area contributed by atoms with Crippen molar-refractivity contribution in [1.29, 1.82) is 0 Å². The quantitative estimate of drug-likeness (QED) is 0.397. The van der Waals surface area contributed by atoms with E-state index in [1.54, 1.807) is 0 Å². The monoisotopic (exact) mass is 417 g/mol. The molecule has 0 saturated heterocycles. The van der Waals surface area contributed by atoms with Crippen molar-refractivity contribution < 1.29 is 0 Å². The Labute approximate surface area is 188 Å². The van der Waals surface area contributed by atoms with Crippen molar-refractivity contribution in [3.05, 3.63) is 65.0 Å². The Morgan fingerprint density at radius 1 is 0.839 bits per heavy atom. The van der Waals surface area contributed by atoms with Crippen LogP contribution in [0.1, 0.15) is 90.2 Å². The molecule has 0 radical (unpaired) electrons. The van der Waals surface area contributed by atoms with Gasteiger partial charge in [-0.1, -0.05) is 84.4 Å². The molecule has 3 rings (SSSR count). The molecular weight excluding hydrogens is 378 g/mol. The Kier molecular flexibility index (Phi) is 6.73. The summed E-state index contributed by atoms with van der Waals surface area (Å²) in [5, 5.41) is 9.65. The van der Waals surface area contributed by atoms with Gasteiger partial charge in [-0.2, -0.15) is 0 Å². The van der Waals surface area contributed by atoms with Crippen LogP contribution in [0.5, 0.6) is 0 Å². The maximum Gasteiger partial charge on any atom is 0.168 e. The summed E-state index contributed by atoms with van der Waals surface area (Å²) in [5.41, 5.74) is 6.30. The molecule has 3 aromatic rings. The molecule has 0 fully saturated rings. The van der Waals surface area contributed by atoms with Crippen LogP contribution < -0.4 is 0 Å². The fourth-order valence-electron chi connectivity index (χ4n) is 4.65. The summed E-state index contributed by atoms with van der Waals surface area (Å²) in [5.74, 6) is 2.03. The molecule has 3 nitrogen and oxygen atoms in total. The molecule has 0 aliphatic rings. The zero-order valence-corrected chi connectivity index (χ0v) is 20.7. The summed E-state index contributed by atoms with van der Waals surface area (Å²) in [6, 6.07) is 15.5. The van der Waals surface area contributed by atoms with Crippen molar-refractivity contribution in [3.8, 4) is 17.1 Å². The highest BCUT2D eigenvalue weighted by Gasteiger charge is 2.35. The minimum Gasteiger partial charge on any atom is -0.278 e. The second-order valence-corrected chi connectivity index (χ2v) is 9.85. The van der Waals surface area contributed by atoms with E-state index in [0.717, 1.165) is 42.9 Å². The fraction of sp³-hybridized carbons (Fsp3) is 0.500. The van der Waals surface area contributed by atoms with Gasteiger partial charge < -0.3 is 0 Å². The molecule has 31 heavy (non-hydrogen) atoms. The Hall–Kier alpha value is -2.42. The normalized spacial score (nSPS) is 12.4.